The van der Waals surface area contributed by atoms with Crippen LogP contribution in [0.5, 0.6) is 0 Å². The normalized spacial score (nSPS) is 17.6. The molecular formula is C18H21N3O3. The van der Waals surface area contributed by atoms with Crippen molar-refractivity contribution in [3.63, 3.8) is 0 Å². The number of para-hydroxylation sites is 1. The average molecular weight is 327 g/mol. The topological polar surface area (TPSA) is 64.4 Å². The van der Waals surface area contributed by atoms with Crippen LogP contribution in [0.2, 0.25) is 0 Å². The first kappa shape index (κ1) is 16.2. The minimum Gasteiger partial charge on any atom is -0.464 e. The first-order valence-corrected chi connectivity index (χ1v) is 8.16. The molecule has 1 aromatic carbocycles. The number of aromatic nitrogens is 2. The molecule has 0 unspecified atom stereocenters. The first-order chi connectivity index (χ1) is 11.6. The Labute approximate surface area is 141 Å². The number of carbonyl (C=O) groups is 2. The molecule has 1 aliphatic heterocycles. The Morgan fingerprint density at radius 2 is 1.96 bits per heavy atom. The van der Waals surface area contributed by atoms with Crippen molar-refractivity contribution < 1.29 is 14.3 Å². The van der Waals surface area contributed by atoms with Crippen molar-refractivity contribution in [2.24, 2.45) is 0 Å². The third-order valence-corrected chi connectivity index (χ3v) is 4.39. The summed E-state index contributed by atoms with van der Waals surface area (Å²) in [5.74, 6) is -0.654. The van der Waals surface area contributed by atoms with Crippen molar-refractivity contribution in [3.05, 3.63) is 47.8 Å². The molecule has 1 amide bonds. The minimum absolute atomic E-state index is 0.103. The van der Waals surface area contributed by atoms with Gasteiger partial charge in [0.05, 0.1) is 12.8 Å². The lowest BCUT2D eigenvalue weighted by atomic mass is 10.0. The standard InChI is InChI=1S/C18H21N3O3/c1-13-8-6-7-11-20(13)17(22)16-12-15(18(23)24-2)19-21(16)14-9-4-3-5-10-14/h3-5,9-10,12-13H,6-8,11H2,1-2H3/t13-/m0/s1. The van der Waals surface area contributed by atoms with E-state index in [2.05, 4.69) is 12.0 Å². The number of piperidine rings is 1. The van der Waals surface area contributed by atoms with Crippen LogP contribution in [0.1, 0.15) is 47.2 Å². The Balaban J connectivity index is 2.03. The van der Waals surface area contributed by atoms with Crippen molar-refractivity contribution in [2.75, 3.05) is 13.7 Å². The lowest BCUT2D eigenvalue weighted by molar-refractivity contribution is 0.0592. The van der Waals surface area contributed by atoms with Crippen molar-refractivity contribution >= 4 is 11.9 Å². The molecule has 1 fully saturated rings. The largest absolute Gasteiger partial charge is 0.464 e. The third-order valence-electron chi connectivity index (χ3n) is 4.39. The summed E-state index contributed by atoms with van der Waals surface area (Å²) in [7, 11) is 1.30. The summed E-state index contributed by atoms with van der Waals surface area (Å²) in [6.07, 6.45) is 3.13. The molecule has 1 atom stereocenters. The predicted molar refractivity (Wildman–Crippen MR) is 89.3 cm³/mol. The molecule has 1 saturated heterocycles. The maximum absolute atomic E-state index is 13.0. The van der Waals surface area contributed by atoms with E-state index in [4.69, 9.17) is 4.74 Å². The van der Waals surface area contributed by atoms with Gasteiger partial charge in [-0.3, -0.25) is 4.79 Å². The van der Waals surface area contributed by atoms with Crippen LogP contribution in [-0.4, -0.2) is 46.3 Å². The highest BCUT2D eigenvalue weighted by Crippen LogP contribution is 2.21. The van der Waals surface area contributed by atoms with E-state index in [1.54, 1.807) is 0 Å². The molecule has 2 heterocycles. The van der Waals surface area contributed by atoms with E-state index in [1.807, 2.05) is 35.2 Å². The number of ether oxygens (including phenoxy) is 1. The second-order valence-corrected chi connectivity index (χ2v) is 6.00. The predicted octanol–water partition coefficient (Wildman–Crippen LogP) is 2.67. The van der Waals surface area contributed by atoms with Gasteiger partial charge in [0.1, 0.15) is 5.69 Å². The Morgan fingerprint density at radius 1 is 1.21 bits per heavy atom. The quantitative estimate of drug-likeness (QED) is 0.813. The van der Waals surface area contributed by atoms with E-state index in [0.717, 1.165) is 31.5 Å². The van der Waals surface area contributed by atoms with E-state index in [9.17, 15) is 9.59 Å². The molecule has 3 rings (SSSR count). The maximum atomic E-state index is 13.0. The maximum Gasteiger partial charge on any atom is 0.358 e. The van der Waals surface area contributed by atoms with Gasteiger partial charge in [0.2, 0.25) is 0 Å². The summed E-state index contributed by atoms with van der Waals surface area (Å²) >= 11 is 0. The van der Waals surface area contributed by atoms with Gasteiger partial charge in [0.25, 0.3) is 5.91 Å². The lowest BCUT2D eigenvalue weighted by Crippen LogP contribution is -2.42. The van der Waals surface area contributed by atoms with Gasteiger partial charge in [0.15, 0.2) is 5.69 Å². The fourth-order valence-corrected chi connectivity index (χ4v) is 3.05. The Hall–Kier alpha value is -2.63. The molecule has 126 valence electrons. The Kier molecular flexibility index (Phi) is 4.64. The molecule has 2 aromatic rings. The van der Waals surface area contributed by atoms with Gasteiger partial charge in [-0.2, -0.15) is 5.10 Å². The molecule has 6 nitrogen and oxygen atoms in total. The number of hydrogen-bond donors (Lipinski definition) is 0. The molecule has 0 saturated carbocycles. The number of methoxy groups -OCH3 is 1. The second kappa shape index (κ2) is 6.86. The zero-order valence-corrected chi connectivity index (χ0v) is 13.9. The van der Waals surface area contributed by atoms with Crippen LogP contribution in [-0.2, 0) is 4.74 Å². The molecule has 6 heteroatoms. The zero-order valence-electron chi connectivity index (χ0n) is 13.9. The van der Waals surface area contributed by atoms with Gasteiger partial charge in [-0.15, -0.1) is 0 Å². The lowest BCUT2D eigenvalue weighted by Gasteiger charge is -2.33. The van der Waals surface area contributed by atoms with Crippen molar-refractivity contribution in [3.8, 4) is 5.69 Å². The molecular weight excluding hydrogens is 306 g/mol. The summed E-state index contributed by atoms with van der Waals surface area (Å²) in [5.41, 5.74) is 1.25. The highest BCUT2D eigenvalue weighted by molar-refractivity contribution is 5.96. The van der Waals surface area contributed by atoms with Crippen LogP contribution < -0.4 is 0 Å². The minimum atomic E-state index is -0.551. The van der Waals surface area contributed by atoms with Crippen molar-refractivity contribution in [1.29, 1.82) is 0 Å². The summed E-state index contributed by atoms with van der Waals surface area (Å²) in [6.45, 7) is 2.79. The number of esters is 1. The number of rotatable bonds is 3. The molecule has 0 radical (unpaired) electrons. The number of likely N-dealkylation sites (tertiary alicyclic amines) is 1. The fraction of sp³-hybridized carbons (Fsp3) is 0.389. The highest BCUT2D eigenvalue weighted by atomic mass is 16.5. The van der Waals surface area contributed by atoms with Gasteiger partial charge in [-0.25, -0.2) is 9.48 Å². The smallest absolute Gasteiger partial charge is 0.358 e. The summed E-state index contributed by atoms with van der Waals surface area (Å²) in [5, 5.41) is 4.29. The van der Waals surface area contributed by atoms with E-state index in [1.165, 1.54) is 17.9 Å². The molecule has 0 bridgehead atoms. The molecule has 24 heavy (non-hydrogen) atoms. The van der Waals surface area contributed by atoms with Crippen molar-refractivity contribution in [2.45, 2.75) is 32.2 Å². The molecule has 0 spiro atoms. The zero-order chi connectivity index (χ0) is 17.1. The fourth-order valence-electron chi connectivity index (χ4n) is 3.05. The number of carbonyl (C=O) groups excluding carboxylic acids is 2. The highest BCUT2D eigenvalue weighted by Gasteiger charge is 2.28. The first-order valence-electron chi connectivity index (χ1n) is 8.16. The van der Waals surface area contributed by atoms with Crippen LogP contribution in [0.15, 0.2) is 36.4 Å². The second-order valence-electron chi connectivity index (χ2n) is 6.00. The van der Waals surface area contributed by atoms with Crippen LogP contribution in [0.25, 0.3) is 5.69 Å². The van der Waals surface area contributed by atoms with E-state index >= 15 is 0 Å². The van der Waals surface area contributed by atoms with Gasteiger partial charge in [-0.05, 0) is 38.3 Å². The van der Waals surface area contributed by atoms with Crippen LogP contribution in [0.4, 0.5) is 0 Å². The van der Waals surface area contributed by atoms with Gasteiger partial charge in [0, 0.05) is 18.7 Å². The van der Waals surface area contributed by atoms with Crippen LogP contribution >= 0.6 is 0 Å². The Morgan fingerprint density at radius 3 is 2.62 bits per heavy atom. The Bertz CT molecular complexity index is 739. The van der Waals surface area contributed by atoms with E-state index in [-0.39, 0.29) is 17.6 Å². The van der Waals surface area contributed by atoms with Crippen LogP contribution in [0.3, 0.4) is 0 Å². The molecule has 0 aliphatic carbocycles. The van der Waals surface area contributed by atoms with E-state index < -0.39 is 5.97 Å². The molecule has 1 aromatic heterocycles. The number of amides is 1. The third kappa shape index (κ3) is 3.04. The molecule has 1 aliphatic rings. The summed E-state index contributed by atoms with van der Waals surface area (Å²) in [4.78, 5) is 26.8. The van der Waals surface area contributed by atoms with Gasteiger partial charge >= 0.3 is 5.97 Å². The summed E-state index contributed by atoms with van der Waals surface area (Å²) < 4.78 is 6.27. The number of hydrogen-bond acceptors (Lipinski definition) is 4. The van der Waals surface area contributed by atoms with Crippen LogP contribution in [0, 0.1) is 0 Å². The van der Waals surface area contributed by atoms with Crippen molar-refractivity contribution in [1.82, 2.24) is 14.7 Å². The average Bonchev–Trinajstić information content (AvgIpc) is 3.07. The monoisotopic (exact) mass is 327 g/mol. The number of benzene rings is 1. The molecule has 0 N–H and O–H groups in total. The van der Waals surface area contributed by atoms with Gasteiger partial charge < -0.3 is 9.64 Å². The SMILES string of the molecule is COC(=O)c1cc(C(=O)N2CCCC[C@@H]2C)n(-c2ccccc2)n1. The number of nitrogens with zero attached hydrogens (tertiary/aromatic N) is 3. The van der Waals surface area contributed by atoms with E-state index in [0.29, 0.717) is 5.69 Å². The van der Waals surface area contributed by atoms with Gasteiger partial charge in [-0.1, -0.05) is 18.2 Å². The summed E-state index contributed by atoms with van der Waals surface area (Å²) in [6, 6.07) is 11.0.